The van der Waals surface area contributed by atoms with Gasteiger partial charge in [0, 0.05) is 25.7 Å². The molecule has 1 heterocycles. The summed E-state index contributed by atoms with van der Waals surface area (Å²) in [6, 6.07) is 16.2. The standard InChI is InChI=1S/C20H26N2O4S/c1-26-18-7-9-19(10-8-18)27(24,25)22-13-11-17(12-14-22)21-15-20(23)16-5-3-2-4-6-16/h2-10,17,20-21,23H,11-15H2,1H3/t20-/m0/s1. The highest BCUT2D eigenvalue weighted by Crippen LogP contribution is 2.23. The predicted octanol–water partition coefficient (Wildman–Crippen LogP) is 2.17. The molecular weight excluding hydrogens is 364 g/mol. The third-order valence-corrected chi connectivity index (χ3v) is 6.85. The second-order valence-corrected chi connectivity index (χ2v) is 8.63. The first-order valence-corrected chi connectivity index (χ1v) is 10.6. The Morgan fingerprint density at radius 3 is 2.33 bits per heavy atom. The molecule has 0 aromatic heterocycles. The van der Waals surface area contributed by atoms with Crippen molar-refractivity contribution in [1.29, 1.82) is 0 Å². The fraction of sp³-hybridized carbons (Fsp3) is 0.400. The van der Waals surface area contributed by atoms with Crippen LogP contribution in [0.25, 0.3) is 0 Å². The Morgan fingerprint density at radius 1 is 1.11 bits per heavy atom. The third kappa shape index (κ3) is 4.87. The number of aliphatic hydroxyl groups is 1. The number of nitrogens with zero attached hydrogens (tertiary/aromatic N) is 1. The van der Waals surface area contributed by atoms with Crippen LogP contribution in [-0.2, 0) is 10.0 Å². The SMILES string of the molecule is COc1ccc(S(=O)(=O)N2CCC(NC[C@H](O)c3ccccc3)CC2)cc1. The molecule has 3 rings (SSSR count). The van der Waals surface area contributed by atoms with Gasteiger partial charge in [0.15, 0.2) is 0 Å². The molecule has 6 nitrogen and oxygen atoms in total. The molecule has 1 fully saturated rings. The van der Waals surface area contributed by atoms with E-state index in [1.54, 1.807) is 31.4 Å². The van der Waals surface area contributed by atoms with Crippen molar-refractivity contribution in [3.63, 3.8) is 0 Å². The average Bonchev–Trinajstić information content (AvgIpc) is 2.73. The van der Waals surface area contributed by atoms with Crippen LogP contribution in [0.1, 0.15) is 24.5 Å². The molecule has 0 radical (unpaired) electrons. The van der Waals surface area contributed by atoms with Crippen LogP contribution >= 0.6 is 0 Å². The first kappa shape index (κ1) is 19.8. The van der Waals surface area contributed by atoms with E-state index < -0.39 is 16.1 Å². The van der Waals surface area contributed by atoms with Crippen molar-refractivity contribution in [3.05, 3.63) is 60.2 Å². The molecule has 0 amide bonds. The molecule has 2 aromatic rings. The van der Waals surface area contributed by atoms with E-state index in [0.29, 0.717) is 25.4 Å². The van der Waals surface area contributed by atoms with Gasteiger partial charge in [0.2, 0.25) is 10.0 Å². The Labute approximate surface area is 160 Å². The number of sulfonamides is 1. The molecule has 0 bridgehead atoms. The van der Waals surface area contributed by atoms with Crippen LogP contribution in [0.15, 0.2) is 59.5 Å². The van der Waals surface area contributed by atoms with Gasteiger partial charge in [-0.3, -0.25) is 0 Å². The molecule has 2 N–H and O–H groups in total. The minimum Gasteiger partial charge on any atom is -0.497 e. The third-order valence-electron chi connectivity index (χ3n) is 4.94. The topological polar surface area (TPSA) is 78.9 Å². The number of nitrogens with one attached hydrogen (secondary N) is 1. The van der Waals surface area contributed by atoms with Crippen molar-refractivity contribution >= 4 is 10.0 Å². The van der Waals surface area contributed by atoms with Crippen LogP contribution in [0.4, 0.5) is 0 Å². The summed E-state index contributed by atoms with van der Waals surface area (Å²) in [7, 11) is -1.93. The largest absolute Gasteiger partial charge is 0.497 e. The number of benzene rings is 2. The summed E-state index contributed by atoms with van der Waals surface area (Å²) in [5.41, 5.74) is 0.879. The number of aliphatic hydroxyl groups excluding tert-OH is 1. The Kier molecular flexibility index (Phi) is 6.49. The van der Waals surface area contributed by atoms with Crippen molar-refractivity contribution in [2.24, 2.45) is 0 Å². The van der Waals surface area contributed by atoms with Crippen molar-refractivity contribution in [2.45, 2.75) is 29.9 Å². The van der Waals surface area contributed by atoms with E-state index in [-0.39, 0.29) is 10.9 Å². The van der Waals surface area contributed by atoms with E-state index >= 15 is 0 Å². The lowest BCUT2D eigenvalue weighted by Gasteiger charge is -2.32. The smallest absolute Gasteiger partial charge is 0.243 e. The van der Waals surface area contributed by atoms with Crippen molar-refractivity contribution < 1.29 is 18.3 Å². The van der Waals surface area contributed by atoms with Crippen LogP contribution in [0.2, 0.25) is 0 Å². The van der Waals surface area contributed by atoms with Crippen molar-refractivity contribution in [3.8, 4) is 5.75 Å². The zero-order valence-electron chi connectivity index (χ0n) is 15.4. The summed E-state index contributed by atoms with van der Waals surface area (Å²) in [6.45, 7) is 1.39. The predicted molar refractivity (Wildman–Crippen MR) is 104 cm³/mol. The van der Waals surface area contributed by atoms with Gasteiger partial charge in [-0.2, -0.15) is 4.31 Å². The number of rotatable bonds is 7. The molecule has 7 heteroatoms. The van der Waals surface area contributed by atoms with E-state index in [0.717, 1.165) is 18.4 Å². The minimum atomic E-state index is -3.48. The number of ether oxygens (including phenoxy) is 1. The molecule has 1 aliphatic rings. The summed E-state index contributed by atoms with van der Waals surface area (Å²) in [6.07, 6.45) is 0.876. The van der Waals surface area contributed by atoms with E-state index in [4.69, 9.17) is 4.74 Å². The fourth-order valence-corrected chi connectivity index (χ4v) is 4.74. The molecule has 27 heavy (non-hydrogen) atoms. The molecule has 0 unspecified atom stereocenters. The van der Waals surface area contributed by atoms with E-state index in [1.807, 2.05) is 30.3 Å². The number of hydrogen-bond donors (Lipinski definition) is 2. The number of piperidine rings is 1. The summed E-state index contributed by atoms with van der Waals surface area (Å²) in [4.78, 5) is 0.286. The zero-order valence-corrected chi connectivity index (χ0v) is 16.2. The van der Waals surface area contributed by atoms with E-state index in [2.05, 4.69) is 5.32 Å². The van der Waals surface area contributed by atoms with Crippen LogP contribution in [0, 0.1) is 0 Å². The summed E-state index contributed by atoms with van der Waals surface area (Å²) in [5, 5.41) is 13.6. The lowest BCUT2D eigenvalue weighted by molar-refractivity contribution is 0.162. The molecule has 0 spiro atoms. The number of methoxy groups -OCH3 is 1. The average molecular weight is 391 g/mol. The van der Waals surface area contributed by atoms with Crippen molar-refractivity contribution in [1.82, 2.24) is 9.62 Å². The zero-order chi connectivity index (χ0) is 19.3. The maximum Gasteiger partial charge on any atom is 0.243 e. The molecule has 1 atom stereocenters. The minimum absolute atomic E-state index is 0.200. The Morgan fingerprint density at radius 2 is 1.74 bits per heavy atom. The van der Waals surface area contributed by atoms with Gasteiger partial charge in [0.05, 0.1) is 18.1 Å². The van der Waals surface area contributed by atoms with Crippen LogP contribution in [-0.4, -0.2) is 50.6 Å². The lowest BCUT2D eigenvalue weighted by atomic mass is 10.1. The monoisotopic (exact) mass is 390 g/mol. The Bertz CT molecular complexity index is 817. The molecule has 1 saturated heterocycles. The van der Waals surface area contributed by atoms with Gasteiger partial charge < -0.3 is 15.2 Å². The lowest BCUT2D eigenvalue weighted by Crippen LogP contribution is -2.45. The quantitative estimate of drug-likeness (QED) is 0.758. The van der Waals surface area contributed by atoms with Gasteiger partial charge in [-0.15, -0.1) is 0 Å². The van der Waals surface area contributed by atoms with Crippen LogP contribution in [0.5, 0.6) is 5.75 Å². The first-order valence-electron chi connectivity index (χ1n) is 9.11. The molecular formula is C20H26N2O4S. The molecule has 2 aromatic carbocycles. The van der Waals surface area contributed by atoms with Gasteiger partial charge in [-0.25, -0.2) is 8.42 Å². The first-order chi connectivity index (χ1) is 13.0. The second kappa shape index (κ2) is 8.84. The summed E-state index contributed by atoms with van der Waals surface area (Å²) >= 11 is 0. The van der Waals surface area contributed by atoms with Gasteiger partial charge in [0.25, 0.3) is 0 Å². The van der Waals surface area contributed by atoms with Crippen molar-refractivity contribution in [2.75, 3.05) is 26.7 Å². The summed E-state index contributed by atoms with van der Waals surface area (Å²) < 4.78 is 32.1. The summed E-state index contributed by atoms with van der Waals surface area (Å²) in [5.74, 6) is 0.633. The fourth-order valence-electron chi connectivity index (χ4n) is 3.27. The van der Waals surface area contributed by atoms with E-state index in [9.17, 15) is 13.5 Å². The Balaban J connectivity index is 1.52. The van der Waals surface area contributed by atoms with E-state index in [1.165, 1.54) is 4.31 Å². The second-order valence-electron chi connectivity index (χ2n) is 6.69. The normalized spacial score (nSPS) is 17.6. The highest BCUT2D eigenvalue weighted by Gasteiger charge is 2.29. The van der Waals surface area contributed by atoms with Gasteiger partial charge in [0.1, 0.15) is 5.75 Å². The molecule has 0 aliphatic carbocycles. The number of hydrogen-bond acceptors (Lipinski definition) is 5. The van der Waals surface area contributed by atoms with Gasteiger partial charge in [-0.1, -0.05) is 30.3 Å². The maximum absolute atomic E-state index is 12.8. The highest BCUT2D eigenvalue weighted by atomic mass is 32.2. The van der Waals surface area contributed by atoms with Crippen LogP contribution in [0.3, 0.4) is 0 Å². The van der Waals surface area contributed by atoms with Gasteiger partial charge in [-0.05, 0) is 42.7 Å². The molecule has 0 saturated carbocycles. The highest BCUT2D eigenvalue weighted by molar-refractivity contribution is 7.89. The van der Waals surface area contributed by atoms with Crippen LogP contribution < -0.4 is 10.1 Å². The van der Waals surface area contributed by atoms with Gasteiger partial charge >= 0.3 is 0 Å². The molecule has 146 valence electrons. The molecule has 1 aliphatic heterocycles. The Hall–Kier alpha value is -1.93. The maximum atomic E-state index is 12.8.